The number of aliphatic hydroxyl groups is 1. The average Bonchev–Trinajstić information content (AvgIpc) is 3.54. The van der Waals surface area contributed by atoms with Crippen molar-refractivity contribution in [1.29, 1.82) is 0 Å². The number of nitroso groups, excluding NO2 is 1. The van der Waals surface area contributed by atoms with E-state index in [2.05, 4.69) is 5.18 Å². The maximum Gasteiger partial charge on any atom is 0.185 e. The van der Waals surface area contributed by atoms with E-state index in [0.717, 1.165) is 32.7 Å². The van der Waals surface area contributed by atoms with Gasteiger partial charge in [-0.05, 0) is 21.5 Å². The average molecular weight is 469 g/mol. The van der Waals surface area contributed by atoms with Gasteiger partial charge in [0, 0.05) is 11.1 Å². The normalized spacial score (nSPS) is 34.1. The molecule has 2 saturated heterocycles. The third-order valence-corrected chi connectivity index (χ3v) is 7.39. The maximum atomic E-state index is 12.1. The van der Waals surface area contributed by atoms with E-state index >= 15 is 0 Å². The highest BCUT2D eigenvalue weighted by molar-refractivity contribution is 5.86. The Kier molecular flexibility index (Phi) is 4.94. The van der Waals surface area contributed by atoms with E-state index in [0.29, 0.717) is 0 Å². The molecule has 3 fully saturated rings. The van der Waals surface area contributed by atoms with Crippen molar-refractivity contribution >= 4 is 21.5 Å². The molecule has 1 N–H and O–H groups in total. The predicted octanol–water partition coefficient (Wildman–Crippen LogP) is 4.77. The molecule has 4 aromatic carbocycles. The number of ether oxygens (including phenoxy) is 4. The van der Waals surface area contributed by atoms with Crippen LogP contribution >= 0.6 is 0 Å². The Bertz CT molecular complexity index is 1310. The minimum Gasteiger partial charge on any atom is -0.387 e. The summed E-state index contributed by atoms with van der Waals surface area (Å²) in [4.78, 5) is 12.1. The van der Waals surface area contributed by atoms with Crippen molar-refractivity contribution in [2.45, 2.75) is 49.1 Å². The van der Waals surface area contributed by atoms with Crippen LogP contribution in [-0.4, -0.2) is 41.7 Å². The first-order chi connectivity index (χ1) is 17.2. The third kappa shape index (κ3) is 3.24. The first-order valence-electron chi connectivity index (χ1n) is 11.8. The van der Waals surface area contributed by atoms with Gasteiger partial charge in [-0.3, -0.25) is 0 Å². The smallest absolute Gasteiger partial charge is 0.185 e. The van der Waals surface area contributed by atoms with Crippen LogP contribution in [0.2, 0.25) is 0 Å². The highest BCUT2D eigenvalue weighted by atomic mass is 16.8. The highest BCUT2D eigenvalue weighted by Gasteiger charge is 2.61. The second-order valence-corrected chi connectivity index (χ2v) is 9.29. The summed E-state index contributed by atoms with van der Waals surface area (Å²) in [6.45, 7) is 0. The molecule has 0 amide bonds. The molecule has 176 valence electrons. The zero-order chi connectivity index (χ0) is 23.5. The van der Waals surface area contributed by atoms with Crippen molar-refractivity contribution in [3.05, 3.63) is 101 Å². The van der Waals surface area contributed by atoms with Crippen LogP contribution in [0.25, 0.3) is 21.5 Å². The monoisotopic (exact) mass is 469 g/mol. The van der Waals surface area contributed by atoms with Gasteiger partial charge in [-0.15, -0.1) is 0 Å². The molecule has 4 unspecified atom stereocenters. The number of rotatable bonds is 3. The van der Waals surface area contributed by atoms with E-state index in [1.165, 1.54) is 0 Å². The molecule has 8 atom stereocenters. The summed E-state index contributed by atoms with van der Waals surface area (Å²) in [6.07, 6.45) is -5.53. The van der Waals surface area contributed by atoms with Crippen molar-refractivity contribution in [2.75, 3.05) is 0 Å². The van der Waals surface area contributed by atoms with Crippen LogP contribution < -0.4 is 0 Å². The standard InChI is InChI=1S/C28H23NO6/c30-22-25-23(32-27(34-25)19-13-5-9-15-7-1-3-11-17(15)19)21(29-31)24-26(22)35-28(33-24)20-14-6-10-16-8-2-4-12-18(16)20/h1-14,21-28,30H/t21?,22?,23-,24-,25-,26+,27?,28?/m0/s1. The van der Waals surface area contributed by atoms with Crippen LogP contribution in [0.1, 0.15) is 23.7 Å². The molecule has 0 bridgehead atoms. The number of fused-ring (bicyclic) bond motifs is 4. The highest BCUT2D eigenvalue weighted by Crippen LogP contribution is 2.47. The third-order valence-electron chi connectivity index (χ3n) is 7.39. The molecule has 1 aliphatic carbocycles. The lowest BCUT2D eigenvalue weighted by Gasteiger charge is -2.37. The fourth-order valence-electron chi connectivity index (χ4n) is 5.74. The number of hydrogen-bond donors (Lipinski definition) is 1. The van der Waals surface area contributed by atoms with Gasteiger partial charge in [0.05, 0.1) is 0 Å². The molecule has 7 rings (SSSR count). The van der Waals surface area contributed by atoms with Crippen LogP contribution in [0, 0.1) is 4.91 Å². The summed E-state index contributed by atoms with van der Waals surface area (Å²) < 4.78 is 24.9. The summed E-state index contributed by atoms with van der Waals surface area (Å²) in [5, 5.41) is 18.7. The molecule has 2 heterocycles. The maximum absolute atomic E-state index is 12.1. The Morgan fingerprint density at radius 2 is 1.00 bits per heavy atom. The first kappa shape index (κ1) is 21.1. The summed E-state index contributed by atoms with van der Waals surface area (Å²) in [5.41, 5.74) is 1.69. The molecule has 35 heavy (non-hydrogen) atoms. The van der Waals surface area contributed by atoms with Crippen LogP contribution in [0.4, 0.5) is 0 Å². The Balaban J connectivity index is 1.20. The molecule has 0 radical (unpaired) electrons. The SMILES string of the molecule is O=NC1[C@@H]2OC(c3cccc4ccccc34)O[C@@H]2C(O)[C@@H]2OC(c3cccc4ccccc34)O[C@@H]12. The minimum atomic E-state index is -1.04. The van der Waals surface area contributed by atoms with Crippen LogP contribution in [-0.2, 0) is 18.9 Å². The van der Waals surface area contributed by atoms with E-state index < -0.39 is 49.1 Å². The van der Waals surface area contributed by atoms with Gasteiger partial charge in [-0.25, -0.2) is 0 Å². The van der Waals surface area contributed by atoms with E-state index in [1.807, 2.05) is 84.9 Å². The van der Waals surface area contributed by atoms with Crippen molar-refractivity contribution < 1.29 is 24.1 Å². The fraction of sp³-hybridized carbons (Fsp3) is 0.286. The van der Waals surface area contributed by atoms with Gasteiger partial charge >= 0.3 is 0 Å². The lowest BCUT2D eigenvalue weighted by molar-refractivity contribution is -0.128. The largest absolute Gasteiger partial charge is 0.387 e. The second-order valence-electron chi connectivity index (χ2n) is 9.29. The van der Waals surface area contributed by atoms with Gasteiger partial charge < -0.3 is 24.1 Å². The quantitative estimate of drug-likeness (QED) is 0.435. The zero-order valence-electron chi connectivity index (χ0n) is 18.6. The van der Waals surface area contributed by atoms with Crippen LogP contribution in [0.5, 0.6) is 0 Å². The molecule has 4 aromatic rings. The molecule has 0 aromatic heterocycles. The molecule has 1 saturated carbocycles. The van der Waals surface area contributed by atoms with E-state index in [1.54, 1.807) is 0 Å². The summed E-state index contributed by atoms with van der Waals surface area (Å²) in [6, 6.07) is 26.8. The molecular formula is C28H23NO6. The Morgan fingerprint density at radius 3 is 1.49 bits per heavy atom. The fourth-order valence-corrected chi connectivity index (χ4v) is 5.74. The number of benzene rings is 4. The Morgan fingerprint density at radius 1 is 0.571 bits per heavy atom. The molecule has 7 nitrogen and oxygen atoms in total. The minimum absolute atomic E-state index is 0.734. The van der Waals surface area contributed by atoms with Crippen LogP contribution in [0.15, 0.2) is 90.1 Å². The predicted molar refractivity (Wildman–Crippen MR) is 128 cm³/mol. The zero-order valence-corrected chi connectivity index (χ0v) is 18.6. The Hall–Kier alpha value is -3.20. The van der Waals surface area contributed by atoms with Gasteiger partial charge in [-0.2, -0.15) is 4.91 Å². The lowest BCUT2D eigenvalue weighted by atomic mass is 9.84. The number of nitrogens with zero attached hydrogens (tertiary/aromatic N) is 1. The van der Waals surface area contributed by atoms with Crippen molar-refractivity contribution in [1.82, 2.24) is 0 Å². The second kappa shape index (κ2) is 8.19. The number of hydrogen-bond acceptors (Lipinski definition) is 7. The summed E-state index contributed by atoms with van der Waals surface area (Å²) in [7, 11) is 0. The number of aliphatic hydroxyl groups excluding tert-OH is 1. The van der Waals surface area contributed by atoms with Crippen molar-refractivity contribution in [3.63, 3.8) is 0 Å². The summed E-state index contributed by atoms with van der Waals surface area (Å²) in [5.74, 6) is 0. The first-order valence-corrected chi connectivity index (χ1v) is 11.8. The molecule has 0 spiro atoms. The van der Waals surface area contributed by atoms with Crippen molar-refractivity contribution in [3.8, 4) is 0 Å². The summed E-state index contributed by atoms with van der Waals surface area (Å²) >= 11 is 0. The molecule has 3 aliphatic rings. The molecular weight excluding hydrogens is 446 g/mol. The van der Waals surface area contributed by atoms with E-state index in [-0.39, 0.29) is 0 Å². The van der Waals surface area contributed by atoms with E-state index in [4.69, 9.17) is 18.9 Å². The van der Waals surface area contributed by atoms with Crippen LogP contribution in [0.3, 0.4) is 0 Å². The Labute approximate surface area is 201 Å². The topological polar surface area (TPSA) is 86.6 Å². The van der Waals surface area contributed by atoms with Gasteiger partial charge in [0.2, 0.25) is 0 Å². The van der Waals surface area contributed by atoms with Crippen molar-refractivity contribution in [2.24, 2.45) is 5.18 Å². The van der Waals surface area contributed by atoms with Gasteiger partial charge in [0.15, 0.2) is 12.6 Å². The molecule has 7 heteroatoms. The molecule has 2 aliphatic heterocycles. The van der Waals surface area contributed by atoms with Gasteiger partial charge in [0.25, 0.3) is 0 Å². The van der Waals surface area contributed by atoms with Gasteiger partial charge in [-0.1, -0.05) is 90.1 Å². The van der Waals surface area contributed by atoms with E-state index in [9.17, 15) is 10.0 Å². The lowest BCUT2D eigenvalue weighted by Crippen LogP contribution is -2.60. The van der Waals surface area contributed by atoms with Gasteiger partial charge in [0.1, 0.15) is 36.6 Å².